The number of alkyl halides is 3. The van der Waals surface area contributed by atoms with Crippen LogP contribution >= 0.6 is 0 Å². The largest absolute Gasteiger partial charge is 0.471 e. The lowest BCUT2D eigenvalue weighted by molar-refractivity contribution is -0.173. The molecule has 8 heteroatoms. The summed E-state index contributed by atoms with van der Waals surface area (Å²) in [5.74, 6) is -1.85. The van der Waals surface area contributed by atoms with Crippen LogP contribution < -0.4 is 10.6 Å². The van der Waals surface area contributed by atoms with Crippen molar-refractivity contribution in [1.29, 1.82) is 0 Å². The summed E-state index contributed by atoms with van der Waals surface area (Å²) in [5.41, 5.74) is 1.30. The highest BCUT2D eigenvalue weighted by molar-refractivity contribution is 5.81. The molecule has 3 rings (SSSR count). The molecule has 2 atom stereocenters. The van der Waals surface area contributed by atoms with Crippen LogP contribution in [0, 0.1) is 0 Å². The first-order valence-electron chi connectivity index (χ1n) is 7.91. The van der Waals surface area contributed by atoms with Gasteiger partial charge in [-0.2, -0.15) is 13.2 Å². The number of nitrogens with zero attached hydrogens (tertiary/aromatic N) is 2. The van der Waals surface area contributed by atoms with Crippen molar-refractivity contribution in [3.8, 4) is 0 Å². The molecule has 2 N–H and O–H groups in total. The fourth-order valence-electron chi connectivity index (χ4n) is 3.42. The molecular weight excluding hydrogens is 309 g/mol. The minimum Gasteiger partial charge on any atom is -0.349 e. The zero-order valence-corrected chi connectivity index (χ0v) is 12.8. The number of unbranched alkanes of at least 4 members (excludes halogenated alkanes) is 1. The number of carbonyl (C=O) groups is 1. The van der Waals surface area contributed by atoms with Crippen LogP contribution in [0.2, 0.25) is 0 Å². The van der Waals surface area contributed by atoms with Crippen LogP contribution in [0.1, 0.15) is 12.8 Å². The van der Waals surface area contributed by atoms with Gasteiger partial charge in [-0.05, 0) is 31.5 Å². The van der Waals surface area contributed by atoms with Gasteiger partial charge in [0.1, 0.15) is 0 Å². The molecule has 128 valence electrons. The first-order chi connectivity index (χ1) is 10.9. The molecule has 0 aromatic rings. The highest BCUT2D eigenvalue weighted by atomic mass is 19.4. The third kappa shape index (κ3) is 3.69. The van der Waals surface area contributed by atoms with E-state index in [2.05, 4.69) is 33.3 Å². The molecule has 0 saturated carbocycles. The van der Waals surface area contributed by atoms with Crippen LogP contribution in [0.15, 0.2) is 23.9 Å². The topological polar surface area (TPSA) is 47.6 Å². The standard InChI is InChI=1S/C15H21F3N4O/c16-15(17,18)14(23)19-6-1-2-7-21-9-11-4-3-5-13-20-8-12(10-21)22(11)13/h3-5,12-13,20H,1-2,6-10H2,(H,19,23). The summed E-state index contributed by atoms with van der Waals surface area (Å²) in [4.78, 5) is 15.5. The van der Waals surface area contributed by atoms with Gasteiger partial charge in [0.2, 0.25) is 0 Å². The van der Waals surface area contributed by atoms with E-state index in [9.17, 15) is 18.0 Å². The van der Waals surface area contributed by atoms with Crippen LogP contribution in [-0.4, -0.2) is 66.8 Å². The lowest BCUT2D eigenvalue weighted by Gasteiger charge is -2.43. The quantitative estimate of drug-likeness (QED) is 0.733. The van der Waals surface area contributed by atoms with E-state index in [1.807, 2.05) is 5.32 Å². The second-order valence-electron chi connectivity index (χ2n) is 6.15. The number of piperazine rings is 1. The molecule has 0 spiro atoms. The van der Waals surface area contributed by atoms with Crippen LogP contribution in [0.3, 0.4) is 0 Å². The maximum absolute atomic E-state index is 12.1. The summed E-state index contributed by atoms with van der Waals surface area (Å²) < 4.78 is 36.2. The minimum atomic E-state index is -4.79. The average Bonchev–Trinajstić information content (AvgIpc) is 2.91. The summed E-state index contributed by atoms with van der Waals surface area (Å²) in [6.07, 6.45) is 3.19. The van der Waals surface area contributed by atoms with Crippen molar-refractivity contribution in [2.24, 2.45) is 0 Å². The van der Waals surface area contributed by atoms with E-state index in [4.69, 9.17) is 0 Å². The predicted molar refractivity (Wildman–Crippen MR) is 79.4 cm³/mol. The van der Waals surface area contributed by atoms with Gasteiger partial charge >= 0.3 is 12.1 Å². The normalized spacial score (nSPS) is 26.9. The molecule has 3 heterocycles. The second-order valence-corrected chi connectivity index (χ2v) is 6.15. The van der Waals surface area contributed by atoms with Crippen molar-refractivity contribution in [1.82, 2.24) is 20.4 Å². The fraction of sp³-hybridized carbons (Fsp3) is 0.667. The van der Waals surface area contributed by atoms with Gasteiger partial charge in [0, 0.05) is 31.9 Å². The Balaban J connectivity index is 1.39. The SMILES string of the molecule is O=C(NCCCCN1CC2=CC=CC3NCC(C1)N23)C(F)(F)F. The number of rotatable bonds is 5. The molecule has 3 aliphatic heterocycles. The zero-order chi connectivity index (χ0) is 16.4. The Morgan fingerprint density at radius 2 is 2.22 bits per heavy atom. The number of amides is 1. The molecule has 3 aliphatic rings. The summed E-state index contributed by atoms with van der Waals surface area (Å²) in [6.45, 7) is 3.68. The van der Waals surface area contributed by atoms with Gasteiger partial charge in [0.25, 0.3) is 0 Å². The van der Waals surface area contributed by atoms with Gasteiger partial charge in [-0.3, -0.25) is 15.0 Å². The Kier molecular flexibility index (Phi) is 4.63. The van der Waals surface area contributed by atoms with Gasteiger partial charge in [-0.15, -0.1) is 0 Å². The van der Waals surface area contributed by atoms with Crippen molar-refractivity contribution < 1.29 is 18.0 Å². The molecule has 23 heavy (non-hydrogen) atoms. The zero-order valence-electron chi connectivity index (χ0n) is 12.8. The van der Waals surface area contributed by atoms with Gasteiger partial charge in [-0.1, -0.05) is 6.08 Å². The van der Waals surface area contributed by atoms with Gasteiger partial charge in [0.05, 0.1) is 12.2 Å². The molecule has 5 nitrogen and oxygen atoms in total. The summed E-state index contributed by atoms with van der Waals surface area (Å²) in [5, 5.41) is 5.38. The maximum atomic E-state index is 12.1. The van der Waals surface area contributed by atoms with Gasteiger partial charge in [-0.25, -0.2) is 0 Å². The van der Waals surface area contributed by atoms with Crippen LogP contribution in [0.5, 0.6) is 0 Å². The van der Waals surface area contributed by atoms with Crippen molar-refractivity contribution in [2.75, 3.05) is 32.7 Å². The number of hydrogen-bond donors (Lipinski definition) is 2. The molecule has 0 radical (unpaired) electrons. The minimum absolute atomic E-state index is 0.0663. The van der Waals surface area contributed by atoms with Crippen molar-refractivity contribution >= 4 is 5.91 Å². The molecule has 2 saturated heterocycles. The van der Waals surface area contributed by atoms with Crippen LogP contribution in [-0.2, 0) is 4.79 Å². The molecule has 2 fully saturated rings. The summed E-state index contributed by atoms with van der Waals surface area (Å²) in [7, 11) is 0. The number of allylic oxidation sites excluding steroid dienone is 2. The van der Waals surface area contributed by atoms with E-state index in [1.54, 1.807) is 0 Å². The van der Waals surface area contributed by atoms with Crippen molar-refractivity contribution in [3.63, 3.8) is 0 Å². The molecule has 1 amide bonds. The van der Waals surface area contributed by atoms with E-state index < -0.39 is 12.1 Å². The Labute approximate surface area is 133 Å². The van der Waals surface area contributed by atoms with E-state index in [0.717, 1.165) is 32.6 Å². The van der Waals surface area contributed by atoms with E-state index in [-0.39, 0.29) is 6.54 Å². The fourth-order valence-corrected chi connectivity index (χ4v) is 3.42. The van der Waals surface area contributed by atoms with E-state index >= 15 is 0 Å². The van der Waals surface area contributed by atoms with Crippen LogP contribution in [0.4, 0.5) is 13.2 Å². The lowest BCUT2D eigenvalue weighted by Crippen LogP contribution is -2.52. The molecular formula is C15H21F3N4O. The van der Waals surface area contributed by atoms with E-state index in [0.29, 0.717) is 18.6 Å². The second kappa shape index (κ2) is 6.52. The third-order valence-electron chi connectivity index (χ3n) is 4.47. The molecule has 0 aliphatic carbocycles. The smallest absolute Gasteiger partial charge is 0.349 e. The average molecular weight is 330 g/mol. The van der Waals surface area contributed by atoms with Crippen LogP contribution in [0.25, 0.3) is 0 Å². The Morgan fingerprint density at radius 1 is 1.39 bits per heavy atom. The number of nitrogens with one attached hydrogen (secondary N) is 2. The molecule has 0 bridgehead atoms. The maximum Gasteiger partial charge on any atom is 0.471 e. The highest BCUT2D eigenvalue weighted by Crippen LogP contribution is 2.28. The lowest BCUT2D eigenvalue weighted by atomic mass is 10.1. The Hall–Kier alpha value is -1.54. The summed E-state index contributed by atoms with van der Waals surface area (Å²) in [6, 6.07) is 0.454. The number of halogens is 3. The highest BCUT2D eigenvalue weighted by Gasteiger charge is 2.39. The predicted octanol–water partition coefficient (Wildman–Crippen LogP) is 0.814. The third-order valence-corrected chi connectivity index (χ3v) is 4.47. The van der Waals surface area contributed by atoms with Crippen molar-refractivity contribution in [2.45, 2.75) is 31.2 Å². The molecule has 0 aromatic heterocycles. The first-order valence-corrected chi connectivity index (χ1v) is 7.91. The molecule has 0 aromatic carbocycles. The first kappa shape index (κ1) is 16.3. The van der Waals surface area contributed by atoms with E-state index in [1.165, 1.54) is 5.70 Å². The monoisotopic (exact) mass is 330 g/mol. The van der Waals surface area contributed by atoms with Crippen molar-refractivity contribution in [3.05, 3.63) is 23.9 Å². The van der Waals surface area contributed by atoms with Gasteiger partial charge < -0.3 is 10.2 Å². The van der Waals surface area contributed by atoms with Gasteiger partial charge in [0.15, 0.2) is 0 Å². The summed E-state index contributed by atoms with van der Waals surface area (Å²) >= 11 is 0. The number of hydrogen-bond acceptors (Lipinski definition) is 4. The molecule has 2 unspecified atom stereocenters. The number of carbonyl (C=O) groups excluding carboxylic acids is 1. The Morgan fingerprint density at radius 3 is 3.00 bits per heavy atom. The Bertz CT molecular complexity index is 517.